The second-order valence-electron chi connectivity index (χ2n) is 3.75. The minimum absolute atomic E-state index is 0.492. The Morgan fingerprint density at radius 2 is 1.85 bits per heavy atom. The van der Waals surface area contributed by atoms with Gasteiger partial charge in [0.1, 0.15) is 0 Å². The lowest BCUT2D eigenvalue weighted by molar-refractivity contribution is 0.646. The summed E-state index contributed by atoms with van der Waals surface area (Å²) in [6, 6.07) is 10.5. The lowest BCUT2D eigenvalue weighted by Crippen LogP contribution is -2.13. The molecule has 71 valence electrons. The van der Waals surface area contributed by atoms with Crippen LogP contribution >= 0.6 is 0 Å². The van der Waals surface area contributed by atoms with Gasteiger partial charge < -0.3 is 5.73 Å². The lowest BCUT2D eigenvalue weighted by atomic mass is 9.90. The molecule has 0 amide bonds. The summed E-state index contributed by atoms with van der Waals surface area (Å²) in [6.07, 6.45) is 1.10. The molecule has 0 aromatic heterocycles. The molecule has 2 N–H and O–H groups in total. The fraction of sp³-hybridized carbons (Fsp3) is 0.417. The highest BCUT2D eigenvalue weighted by Gasteiger charge is 2.10. The van der Waals surface area contributed by atoms with Crippen molar-refractivity contribution < 1.29 is 0 Å². The van der Waals surface area contributed by atoms with Gasteiger partial charge in [-0.3, -0.25) is 0 Å². The van der Waals surface area contributed by atoms with Gasteiger partial charge in [0, 0.05) is 0 Å². The summed E-state index contributed by atoms with van der Waals surface area (Å²) in [5, 5.41) is 0. The minimum Gasteiger partial charge on any atom is -0.330 e. The van der Waals surface area contributed by atoms with Crippen LogP contribution in [-0.4, -0.2) is 6.54 Å². The summed E-state index contributed by atoms with van der Waals surface area (Å²) in [5.41, 5.74) is 7.09. The first-order chi connectivity index (χ1) is 6.24. The number of benzene rings is 1. The van der Waals surface area contributed by atoms with Gasteiger partial charge in [-0.2, -0.15) is 0 Å². The van der Waals surface area contributed by atoms with Crippen molar-refractivity contribution in [3.8, 4) is 0 Å². The standard InChI is InChI=1S/C12H18N/c1-10(2)8-12(9-13)11-6-4-3-5-7-11/h3-7,12H,8-9,13H2,1-2H3/t12-/m0/s1. The van der Waals surface area contributed by atoms with E-state index in [1.807, 2.05) is 6.07 Å². The molecule has 0 spiro atoms. The smallest absolute Gasteiger partial charge is 0.000803 e. The molecule has 0 heterocycles. The van der Waals surface area contributed by atoms with Crippen molar-refractivity contribution in [3.05, 3.63) is 41.8 Å². The zero-order valence-corrected chi connectivity index (χ0v) is 8.46. The topological polar surface area (TPSA) is 26.0 Å². The van der Waals surface area contributed by atoms with Crippen molar-refractivity contribution in [3.63, 3.8) is 0 Å². The maximum Gasteiger partial charge on any atom is -0.000803 e. The van der Waals surface area contributed by atoms with Gasteiger partial charge in [-0.15, -0.1) is 0 Å². The Kier molecular flexibility index (Phi) is 3.97. The average Bonchev–Trinajstić information content (AvgIpc) is 2.15. The third-order valence-electron chi connectivity index (χ3n) is 2.21. The molecule has 1 nitrogen and oxygen atoms in total. The predicted octanol–water partition coefficient (Wildman–Crippen LogP) is 2.73. The van der Waals surface area contributed by atoms with Crippen LogP contribution in [0.3, 0.4) is 0 Å². The molecule has 0 aliphatic heterocycles. The van der Waals surface area contributed by atoms with E-state index in [0.717, 1.165) is 13.0 Å². The largest absolute Gasteiger partial charge is 0.330 e. The van der Waals surface area contributed by atoms with E-state index in [1.165, 1.54) is 11.5 Å². The van der Waals surface area contributed by atoms with E-state index in [0.29, 0.717) is 5.92 Å². The first-order valence-electron chi connectivity index (χ1n) is 4.78. The van der Waals surface area contributed by atoms with Gasteiger partial charge in [0.2, 0.25) is 0 Å². The summed E-state index contributed by atoms with van der Waals surface area (Å²) in [6.45, 7) is 5.05. The van der Waals surface area contributed by atoms with Crippen LogP contribution in [0.25, 0.3) is 0 Å². The van der Waals surface area contributed by atoms with Crippen LogP contribution in [-0.2, 0) is 0 Å². The third-order valence-corrected chi connectivity index (χ3v) is 2.21. The van der Waals surface area contributed by atoms with Crippen molar-refractivity contribution in [2.45, 2.75) is 26.2 Å². The molecular weight excluding hydrogens is 158 g/mol. The summed E-state index contributed by atoms with van der Waals surface area (Å²) in [7, 11) is 0. The maximum absolute atomic E-state index is 5.74. The fourth-order valence-corrected chi connectivity index (χ4v) is 1.56. The molecule has 0 saturated heterocycles. The van der Waals surface area contributed by atoms with Crippen molar-refractivity contribution in [1.82, 2.24) is 0 Å². The van der Waals surface area contributed by atoms with E-state index in [2.05, 4.69) is 38.1 Å². The number of hydrogen-bond acceptors (Lipinski definition) is 1. The monoisotopic (exact) mass is 176 g/mol. The second kappa shape index (κ2) is 5.03. The number of nitrogens with two attached hydrogens (primary N) is 1. The van der Waals surface area contributed by atoms with Gasteiger partial charge in [0.05, 0.1) is 0 Å². The Morgan fingerprint density at radius 3 is 2.31 bits per heavy atom. The molecular formula is C12H18N. The molecule has 0 aliphatic rings. The van der Waals surface area contributed by atoms with Crippen LogP contribution < -0.4 is 5.73 Å². The Morgan fingerprint density at radius 1 is 1.23 bits per heavy atom. The molecule has 13 heavy (non-hydrogen) atoms. The van der Waals surface area contributed by atoms with Crippen LogP contribution in [0.5, 0.6) is 0 Å². The molecule has 1 atom stereocenters. The molecule has 1 heteroatoms. The van der Waals surface area contributed by atoms with Gasteiger partial charge in [0.15, 0.2) is 0 Å². The molecule has 1 aromatic carbocycles. The van der Waals surface area contributed by atoms with E-state index < -0.39 is 0 Å². The highest BCUT2D eigenvalue weighted by molar-refractivity contribution is 5.20. The molecule has 1 rings (SSSR count). The maximum atomic E-state index is 5.74. The number of hydrogen-bond donors (Lipinski definition) is 1. The molecule has 1 radical (unpaired) electrons. The van der Waals surface area contributed by atoms with E-state index in [1.54, 1.807) is 0 Å². The summed E-state index contributed by atoms with van der Waals surface area (Å²) in [4.78, 5) is 0. The van der Waals surface area contributed by atoms with Gasteiger partial charge >= 0.3 is 0 Å². The zero-order chi connectivity index (χ0) is 9.68. The van der Waals surface area contributed by atoms with Crippen LogP contribution in [0.4, 0.5) is 0 Å². The van der Waals surface area contributed by atoms with Crippen LogP contribution in [0.1, 0.15) is 31.7 Å². The molecule has 0 fully saturated rings. The van der Waals surface area contributed by atoms with E-state index in [-0.39, 0.29) is 0 Å². The van der Waals surface area contributed by atoms with Gasteiger partial charge in [-0.1, -0.05) is 44.2 Å². The Labute approximate surface area is 81.0 Å². The van der Waals surface area contributed by atoms with Crippen molar-refractivity contribution in [2.24, 2.45) is 5.73 Å². The molecule has 0 saturated carbocycles. The normalized spacial score (nSPS) is 13.2. The SMILES string of the molecule is C[C](C)C[C@@H](CN)c1ccccc1. The quantitative estimate of drug-likeness (QED) is 0.750. The minimum atomic E-state index is 0.492. The third kappa shape index (κ3) is 3.19. The summed E-state index contributed by atoms with van der Waals surface area (Å²) < 4.78 is 0. The van der Waals surface area contributed by atoms with Gasteiger partial charge in [0.25, 0.3) is 0 Å². The highest BCUT2D eigenvalue weighted by Crippen LogP contribution is 2.22. The Bertz CT molecular complexity index is 228. The predicted molar refractivity (Wildman–Crippen MR) is 57.4 cm³/mol. The average molecular weight is 176 g/mol. The summed E-state index contributed by atoms with van der Waals surface area (Å²) in [5.74, 6) is 1.94. The zero-order valence-electron chi connectivity index (χ0n) is 8.46. The molecule has 0 aliphatic carbocycles. The van der Waals surface area contributed by atoms with E-state index in [4.69, 9.17) is 5.73 Å². The number of rotatable bonds is 4. The van der Waals surface area contributed by atoms with Gasteiger partial charge in [-0.05, 0) is 30.4 Å². The van der Waals surface area contributed by atoms with Crippen molar-refractivity contribution in [1.29, 1.82) is 0 Å². The second-order valence-corrected chi connectivity index (χ2v) is 3.75. The van der Waals surface area contributed by atoms with E-state index >= 15 is 0 Å². The van der Waals surface area contributed by atoms with Crippen LogP contribution in [0.15, 0.2) is 30.3 Å². The van der Waals surface area contributed by atoms with Gasteiger partial charge in [-0.25, -0.2) is 0 Å². The lowest BCUT2D eigenvalue weighted by Gasteiger charge is -2.16. The van der Waals surface area contributed by atoms with Crippen LogP contribution in [0, 0.1) is 5.92 Å². The molecule has 0 unspecified atom stereocenters. The van der Waals surface area contributed by atoms with Crippen molar-refractivity contribution >= 4 is 0 Å². The fourth-order valence-electron chi connectivity index (χ4n) is 1.56. The molecule has 1 aromatic rings. The Balaban J connectivity index is 2.67. The first kappa shape index (κ1) is 10.3. The van der Waals surface area contributed by atoms with E-state index in [9.17, 15) is 0 Å². The first-order valence-corrected chi connectivity index (χ1v) is 4.78. The molecule has 0 bridgehead atoms. The van der Waals surface area contributed by atoms with Crippen LogP contribution in [0.2, 0.25) is 0 Å². The summed E-state index contributed by atoms with van der Waals surface area (Å²) >= 11 is 0. The Hall–Kier alpha value is -0.820. The highest BCUT2D eigenvalue weighted by atomic mass is 14.5. The van der Waals surface area contributed by atoms with Crippen molar-refractivity contribution in [2.75, 3.05) is 6.54 Å².